The number of fused-ring (bicyclic) bond motifs is 12. The average Bonchev–Trinajstić information content (AvgIpc) is 3.10. The molecule has 8 bridgehead atoms. The monoisotopic (exact) mass is 697 g/mol. The lowest BCUT2D eigenvalue weighted by atomic mass is 9.56. The third-order valence-electron chi connectivity index (χ3n) is 14.4. The van der Waals surface area contributed by atoms with Gasteiger partial charge in [-0.1, -0.05) is 202 Å². The SMILES string of the molecule is C1=CC2CCCC(C1)CCC2.C1C2CC3CC1CC(C2)C3.C1CC2CCCC(C1)CCC2.C1CCC2CCCCC2C1.CC.CC.CC.CC. The molecule has 0 heterocycles. The quantitative estimate of drug-likeness (QED) is 0.221. The van der Waals surface area contributed by atoms with Crippen LogP contribution in [0.2, 0.25) is 0 Å². The van der Waals surface area contributed by atoms with E-state index in [2.05, 4.69) is 12.2 Å². The highest BCUT2D eigenvalue weighted by molar-refractivity contribution is 4.94. The summed E-state index contributed by atoms with van der Waals surface area (Å²) in [6.07, 6.45) is 51.1. The van der Waals surface area contributed by atoms with Crippen LogP contribution in [0.5, 0.6) is 0 Å². The molecular weight excluding hydrogens is 601 g/mol. The van der Waals surface area contributed by atoms with Gasteiger partial charge in [-0.15, -0.1) is 0 Å². The Kier molecular flexibility index (Phi) is 26.7. The van der Waals surface area contributed by atoms with E-state index >= 15 is 0 Å². The first kappa shape index (κ1) is 45.9. The molecule has 0 aliphatic heterocycles. The fraction of sp³-hybridized carbons (Fsp3) is 0.960. The minimum atomic E-state index is 0.941. The van der Waals surface area contributed by atoms with Crippen LogP contribution < -0.4 is 0 Å². The molecule has 0 aromatic heterocycles. The van der Waals surface area contributed by atoms with E-state index in [9.17, 15) is 0 Å². The molecule has 10 saturated carbocycles. The van der Waals surface area contributed by atoms with Gasteiger partial charge in [-0.05, 0) is 117 Å². The highest BCUT2D eigenvalue weighted by atomic mass is 14.5. The van der Waals surface area contributed by atoms with Gasteiger partial charge in [-0.2, -0.15) is 0 Å². The van der Waals surface area contributed by atoms with Gasteiger partial charge in [0.2, 0.25) is 0 Å². The van der Waals surface area contributed by atoms with Gasteiger partial charge in [0.1, 0.15) is 0 Å². The Morgan fingerprint density at radius 3 is 0.880 bits per heavy atom. The van der Waals surface area contributed by atoms with Crippen LogP contribution in [-0.4, -0.2) is 0 Å². The van der Waals surface area contributed by atoms with Gasteiger partial charge in [-0.3, -0.25) is 0 Å². The third-order valence-corrected chi connectivity index (χ3v) is 14.4. The molecular formula is C50H96. The van der Waals surface area contributed by atoms with Crippen LogP contribution in [0.1, 0.15) is 248 Å². The maximum Gasteiger partial charge on any atom is -0.0234 e. The minimum Gasteiger partial charge on any atom is -0.0880 e. The fourth-order valence-corrected chi connectivity index (χ4v) is 12.3. The molecule has 0 spiro atoms. The smallest absolute Gasteiger partial charge is 0.0234 e. The minimum absolute atomic E-state index is 0.941. The summed E-state index contributed by atoms with van der Waals surface area (Å²) in [6.45, 7) is 16.0. The van der Waals surface area contributed by atoms with Crippen LogP contribution in [-0.2, 0) is 0 Å². The van der Waals surface area contributed by atoms with Gasteiger partial charge in [-0.25, -0.2) is 0 Å². The third kappa shape index (κ3) is 17.3. The highest BCUT2D eigenvalue weighted by Crippen LogP contribution is 2.53. The summed E-state index contributed by atoms with van der Waals surface area (Å²) >= 11 is 0. The van der Waals surface area contributed by atoms with E-state index in [0.717, 1.165) is 35.5 Å². The normalized spacial score (nSPS) is 37.1. The van der Waals surface area contributed by atoms with Crippen LogP contribution in [0.15, 0.2) is 12.2 Å². The molecule has 296 valence electrons. The van der Waals surface area contributed by atoms with Gasteiger partial charge in [0.05, 0.1) is 0 Å². The van der Waals surface area contributed by atoms with Crippen molar-refractivity contribution in [2.45, 2.75) is 248 Å². The van der Waals surface area contributed by atoms with Gasteiger partial charge in [0.25, 0.3) is 0 Å². The molecule has 50 heavy (non-hydrogen) atoms. The van der Waals surface area contributed by atoms with E-state index in [4.69, 9.17) is 0 Å². The fourth-order valence-electron chi connectivity index (χ4n) is 12.3. The maximum absolute atomic E-state index is 2.48. The van der Waals surface area contributed by atoms with Gasteiger partial charge in [0.15, 0.2) is 0 Å². The molecule has 12 rings (SSSR count). The summed E-state index contributed by atoms with van der Waals surface area (Å²) < 4.78 is 0. The lowest BCUT2D eigenvalue weighted by Gasteiger charge is -2.49. The summed E-state index contributed by atoms with van der Waals surface area (Å²) in [7, 11) is 0. The summed E-state index contributed by atoms with van der Waals surface area (Å²) in [4.78, 5) is 0. The van der Waals surface area contributed by atoms with Crippen LogP contribution >= 0.6 is 0 Å². The number of hydrogen-bond donors (Lipinski definition) is 0. The summed E-state index contributed by atoms with van der Waals surface area (Å²) in [5.74, 6) is 11.2. The molecule has 0 radical (unpaired) electrons. The Morgan fingerprint density at radius 1 is 0.280 bits per heavy atom. The molecule has 0 aromatic rings. The topological polar surface area (TPSA) is 0 Å². The molecule has 0 N–H and O–H groups in total. The Morgan fingerprint density at radius 2 is 0.560 bits per heavy atom. The zero-order valence-corrected chi connectivity index (χ0v) is 36.1. The van der Waals surface area contributed by atoms with Crippen molar-refractivity contribution in [1.29, 1.82) is 0 Å². The largest absolute Gasteiger partial charge is 0.0880 e. The first-order chi connectivity index (χ1) is 24.8. The van der Waals surface area contributed by atoms with E-state index in [1.807, 2.05) is 55.4 Å². The van der Waals surface area contributed by atoms with Crippen molar-refractivity contribution in [3.8, 4) is 0 Å². The zero-order valence-electron chi connectivity index (χ0n) is 36.1. The number of rotatable bonds is 0. The second kappa shape index (κ2) is 29.1. The number of hydrogen-bond acceptors (Lipinski definition) is 0. The van der Waals surface area contributed by atoms with E-state index < -0.39 is 0 Å². The zero-order chi connectivity index (χ0) is 36.4. The van der Waals surface area contributed by atoms with Crippen molar-refractivity contribution in [2.24, 2.45) is 59.2 Å². The van der Waals surface area contributed by atoms with Crippen LogP contribution in [0.4, 0.5) is 0 Å². The van der Waals surface area contributed by atoms with Crippen molar-refractivity contribution >= 4 is 0 Å². The predicted molar refractivity (Wildman–Crippen MR) is 228 cm³/mol. The maximum atomic E-state index is 2.48. The Hall–Kier alpha value is -0.260. The summed E-state index contributed by atoms with van der Waals surface area (Å²) in [5, 5.41) is 0. The average molecular weight is 697 g/mol. The molecule has 0 unspecified atom stereocenters. The molecule has 0 saturated heterocycles. The molecule has 12 aliphatic rings. The van der Waals surface area contributed by atoms with Crippen molar-refractivity contribution < 1.29 is 0 Å². The summed E-state index contributed by atoms with van der Waals surface area (Å²) in [6, 6.07) is 0. The molecule has 0 aromatic carbocycles. The van der Waals surface area contributed by atoms with Crippen molar-refractivity contribution in [3.63, 3.8) is 0 Å². The first-order valence-electron chi connectivity index (χ1n) is 24.4. The molecule has 0 amide bonds. The van der Waals surface area contributed by atoms with E-state index in [-0.39, 0.29) is 0 Å². The standard InChI is InChI=1S/C11H20.C11H18.C10H16.C10H18.4C2H6/c2*1-4-10-6-2-7-11(5-1)9-3-8-10;1-7-2-9-4-8(1)5-10(3-7)6-9;1-2-6-10-8-4-3-7-9(10)5-1;4*1-2/h10-11H,1-9H2;1,4,10-11H,2-3,5-9H2;7-10H,1-6H2;9-10H,1-8H2;4*1-2H3. The molecule has 10 fully saturated rings. The van der Waals surface area contributed by atoms with Crippen LogP contribution in [0.3, 0.4) is 0 Å². The second-order valence-corrected chi connectivity index (χ2v) is 17.6. The van der Waals surface area contributed by atoms with Crippen LogP contribution in [0, 0.1) is 59.2 Å². The van der Waals surface area contributed by atoms with E-state index in [0.29, 0.717) is 0 Å². The molecule has 0 atom stereocenters. The first-order valence-corrected chi connectivity index (χ1v) is 24.4. The highest BCUT2D eigenvalue weighted by Gasteiger charge is 2.41. The second-order valence-electron chi connectivity index (χ2n) is 17.6. The Balaban J connectivity index is 0.000000217. The van der Waals surface area contributed by atoms with Crippen molar-refractivity contribution in [3.05, 3.63) is 12.2 Å². The summed E-state index contributed by atoms with van der Waals surface area (Å²) in [5.41, 5.74) is 0. The van der Waals surface area contributed by atoms with E-state index in [1.54, 1.807) is 103 Å². The number of allylic oxidation sites excluding steroid dienone is 2. The van der Waals surface area contributed by atoms with Crippen molar-refractivity contribution in [1.82, 2.24) is 0 Å². The van der Waals surface area contributed by atoms with Crippen LogP contribution in [0.25, 0.3) is 0 Å². The van der Waals surface area contributed by atoms with Crippen molar-refractivity contribution in [2.75, 3.05) is 0 Å². The van der Waals surface area contributed by atoms with Gasteiger partial charge in [0, 0.05) is 0 Å². The Labute approximate surface area is 318 Å². The molecule has 12 aliphatic carbocycles. The molecule has 0 nitrogen and oxygen atoms in total. The molecule has 0 heteroatoms. The lowest BCUT2D eigenvalue weighted by molar-refractivity contribution is 0.0198. The predicted octanol–water partition coefficient (Wildman–Crippen LogP) is 17.6. The lowest BCUT2D eigenvalue weighted by Crippen LogP contribution is -2.38. The Bertz CT molecular complexity index is 649. The van der Waals surface area contributed by atoms with E-state index in [1.165, 1.54) is 114 Å². The van der Waals surface area contributed by atoms with Gasteiger partial charge < -0.3 is 0 Å². The van der Waals surface area contributed by atoms with Gasteiger partial charge >= 0.3 is 0 Å².